The standard InChI is InChI=1S/C37H67BrO12.C17H28O6S.C10H22O4.C8H8O5.C8H8O4.C6H14O4/c1-35(2,3)48-25-19-42-13-10-39-16-22-45-32-28-31(30-38)29-33(46-23-17-40-11-14-43-20-26-49-36(4,5)6)34(32)47-24-18-41-12-15-44-21-27-50-37(7,8)9;1-15-5-7-16(8-6-15)24(18,19)23-14-12-21-10-9-20-11-13-22-17(2,3)4;1-10(2,3)14-9-8-13-7-6-12-5-4-11;1-13-8(12)4-2-5(9)7(11)6(10)3-4;1-12-8(11)5-2-6(9)4-7(10)3-5;7-1-3-9-5-6-10-4-2-8/h28-29H,10-27,30H2,1-9H3;5-8H,9-14H2,1-4H3;11H,4-9H2,1-3H3;2-3,9-11H,1H3;2-4,9-10H,1H3;7-8H,1-6H2. The molecule has 0 spiro atoms. The van der Waals surface area contributed by atoms with E-state index in [0.717, 1.165) is 29.3 Å². The SMILES string of the molecule is CC(C)(C)OCCOCCOCCO.CC(C)(C)OCCOCCOCCOc1cc(CBr)cc(OCCOCCOCCOC(C)(C)C)c1OCCOCCOCCOC(C)(C)C.COC(=O)c1cc(O)c(O)c(O)c1.COC(=O)c1cc(O)cc(O)c1.Cc1ccc(S(=O)(=O)OCCOCCOCCOC(C)(C)C)cc1.OCCOCCOCCO. The van der Waals surface area contributed by atoms with Gasteiger partial charge in [-0.3, -0.25) is 4.18 Å². The van der Waals surface area contributed by atoms with Gasteiger partial charge in [0.05, 0.1) is 276 Å². The number of rotatable bonds is 59. The number of phenolic OH excluding ortho intramolecular Hbond substituents is 5. The Morgan fingerprint density at radius 3 is 0.854 bits per heavy atom. The highest BCUT2D eigenvalue weighted by Gasteiger charge is 2.20. The molecule has 0 unspecified atom stereocenters. The smallest absolute Gasteiger partial charge is 0.338 e. The number of benzene rings is 4. The van der Waals surface area contributed by atoms with Crippen LogP contribution in [0.2, 0.25) is 0 Å². The molecule has 0 aliphatic rings. The number of phenols is 5. The number of halogens is 1. The van der Waals surface area contributed by atoms with Gasteiger partial charge in [-0.15, -0.1) is 0 Å². The Balaban J connectivity index is 0. The van der Waals surface area contributed by atoms with Gasteiger partial charge >= 0.3 is 11.9 Å². The zero-order valence-corrected chi connectivity index (χ0v) is 78.3. The minimum atomic E-state index is -3.72. The van der Waals surface area contributed by atoms with Gasteiger partial charge in [0.25, 0.3) is 10.1 Å². The number of aromatic hydroxyl groups is 5. The normalized spacial score (nSPS) is 11.6. The lowest BCUT2D eigenvalue weighted by atomic mass is 10.2. The summed E-state index contributed by atoms with van der Waals surface area (Å²) < 4.78 is 148. The molecule has 4 rings (SSSR count). The van der Waals surface area contributed by atoms with Crippen molar-refractivity contribution in [1.82, 2.24) is 0 Å². The van der Waals surface area contributed by atoms with Gasteiger partial charge in [-0.1, -0.05) is 33.6 Å². The van der Waals surface area contributed by atoms with Gasteiger partial charge in [0, 0.05) is 11.4 Å². The van der Waals surface area contributed by atoms with E-state index < -0.39 is 39.3 Å². The molecule has 4 aromatic carbocycles. The molecule has 0 aliphatic carbocycles. The van der Waals surface area contributed by atoms with Crippen LogP contribution in [-0.4, -0.2) is 341 Å². The summed E-state index contributed by atoms with van der Waals surface area (Å²) in [6, 6.07) is 15.9. The molecule has 0 amide bonds. The molecule has 0 atom stereocenters. The van der Waals surface area contributed by atoms with Gasteiger partial charge in [0.15, 0.2) is 28.7 Å². The Morgan fingerprint density at radius 1 is 0.333 bits per heavy atom. The number of hydrogen-bond acceptors (Lipinski definition) is 35. The molecule has 0 heterocycles. The number of aliphatic hydroxyl groups excluding tert-OH is 3. The van der Waals surface area contributed by atoms with Crippen molar-refractivity contribution in [2.75, 3.05) is 252 Å². The number of aryl methyl sites for hydroxylation is 1. The Kier molecular flexibility index (Phi) is 69.4. The van der Waals surface area contributed by atoms with Crippen molar-refractivity contribution in [1.29, 1.82) is 0 Å². The second kappa shape index (κ2) is 71.8. The van der Waals surface area contributed by atoms with E-state index in [1.807, 2.05) is 123 Å². The van der Waals surface area contributed by atoms with E-state index in [1.165, 1.54) is 38.5 Å². The van der Waals surface area contributed by atoms with Gasteiger partial charge in [-0.05, 0) is 165 Å². The molecule has 35 nitrogen and oxygen atoms in total. The Bertz CT molecular complexity index is 3250. The first-order valence-corrected chi connectivity index (χ1v) is 43.1. The number of carbonyl (C=O) groups is 2. The fraction of sp³-hybridized carbons (Fsp3) is 0.698. The molecular weight excluding hydrogens is 1700 g/mol. The molecule has 8 N–H and O–H groups in total. The lowest BCUT2D eigenvalue weighted by Gasteiger charge is -2.19. The van der Waals surface area contributed by atoms with E-state index in [-0.39, 0.29) is 88.6 Å². The fourth-order valence-electron chi connectivity index (χ4n) is 8.49. The van der Waals surface area contributed by atoms with Crippen LogP contribution < -0.4 is 14.2 Å². The lowest BCUT2D eigenvalue weighted by Crippen LogP contribution is -2.22. The molecule has 0 aliphatic heterocycles. The van der Waals surface area contributed by atoms with Crippen molar-refractivity contribution in [2.24, 2.45) is 0 Å². The minimum Gasteiger partial charge on any atom is -0.508 e. The van der Waals surface area contributed by atoms with Gasteiger partial charge in [-0.25, -0.2) is 9.59 Å². The Hall–Kier alpha value is -6.19. The molecule has 123 heavy (non-hydrogen) atoms. The van der Waals surface area contributed by atoms with Crippen molar-refractivity contribution in [3.63, 3.8) is 0 Å². The van der Waals surface area contributed by atoms with Crippen LogP contribution in [0.1, 0.15) is 136 Å². The van der Waals surface area contributed by atoms with Crippen molar-refractivity contribution in [2.45, 2.75) is 149 Å². The first-order chi connectivity index (χ1) is 58.1. The highest BCUT2D eigenvalue weighted by Crippen LogP contribution is 2.40. The van der Waals surface area contributed by atoms with Crippen LogP contribution in [0, 0.1) is 6.92 Å². The summed E-state index contributed by atoms with van der Waals surface area (Å²) >= 11 is 3.55. The molecule has 37 heteroatoms. The van der Waals surface area contributed by atoms with Gasteiger partial charge < -0.3 is 145 Å². The second-order valence-corrected chi connectivity index (χ2v) is 32.8. The molecule has 0 radical (unpaired) electrons. The number of methoxy groups -OCH3 is 2. The van der Waals surface area contributed by atoms with Crippen LogP contribution in [0.5, 0.6) is 46.0 Å². The second-order valence-electron chi connectivity index (χ2n) is 30.6. The zero-order valence-electron chi connectivity index (χ0n) is 75.9. The number of ether oxygens (including phenoxy) is 22. The largest absolute Gasteiger partial charge is 0.508 e. The van der Waals surface area contributed by atoms with Crippen LogP contribution in [0.25, 0.3) is 0 Å². The van der Waals surface area contributed by atoms with Crippen LogP contribution in [0.15, 0.2) is 71.6 Å². The third-order valence-corrected chi connectivity index (χ3v) is 16.0. The Morgan fingerprint density at radius 2 is 0.585 bits per heavy atom. The van der Waals surface area contributed by atoms with Crippen LogP contribution in [-0.2, 0) is 110 Å². The van der Waals surface area contributed by atoms with Crippen molar-refractivity contribution >= 4 is 38.0 Å². The van der Waals surface area contributed by atoms with Gasteiger partial charge in [0.1, 0.15) is 31.3 Å². The minimum absolute atomic E-state index is 0.0245. The highest BCUT2D eigenvalue weighted by atomic mass is 79.9. The summed E-state index contributed by atoms with van der Waals surface area (Å²) in [5.74, 6) is -1.82. The summed E-state index contributed by atoms with van der Waals surface area (Å²) in [4.78, 5) is 21.9. The topological polar surface area (TPSA) is 442 Å². The zero-order chi connectivity index (χ0) is 92.9. The number of esters is 2. The molecule has 4 aromatic rings. The van der Waals surface area contributed by atoms with E-state index in [9.17, 15) is 18.0 Å². The van der Waals surface area contributed by atoms with Crippen molar-refractivity contribution in [3.05, 3.63) is 89.0 Å². The van der Waals surface area contributed by atoms with Crippen molar-refractivity contribution in [3.8, 4) is 46.0 Å². The molecule has 0 fully saturated rings. The monoisotopic (exact) mass is 1850 g/mol. The number of alkyl halides is 1. The quantitative estimate of drug-likeness (QED) is 0.00669. The molecule has 0 aromatic heterocycles. The van der Waals surface area contributed by atoms with Crippen LogP contribution in [0.4, 0.5) is 0 Å². The van der Waals surface area contributed by atoms with Crippen LogP contribution in [0.3, 0.4) is 0 Å². The maximum atomic E-state index is 11.9. The van der Waals surface area contributed by atoms with E-state index in [4.69, 9.17) is 140 Å². The third-order valence-electron chi connectivity index (χ3n) is 14.0. The number of carbonyl (C=O) groups excluding carboxylic acids is 2. The maximum absolute atomic E-state index is 11.9. The summed E-state index contributed by atoms with van der Waals surface area (Å²) in [5, 5.41) is 70.4. The summed E-state index contributed by atoms with van der Waals surface area (Å²) in [5.41, 5.74) is 1.26. The van der Waals surface area contributed by atoms with Gasteiger partial charge in [0.2, 0.25) is 5.75 Å². The average molecular weight is 1850 g/mol. The van der Waals surface area contributed by atoms with Gasteiger partial charge in [-0.2, -0.15) is 8.42 Å². The van der Waals surface area contributed by atoms with E-state index in [1.54, 1.807) is 12.1 Å². The predicted molar refractivity (Wildman–Crippen MR) is 463 cm³/mol. The highest BCUT2D eigenvalue weighted by molar-refractivity contribution is 9.08. The fourth-order valence-corrected chi connectivity index (χ4v) is 9.71. The number of aliphatic hydroxyl groups is 3. The Labute approximate surface area is 737 Å². The number of hydrogen-bond donors (Lipinski definition) is 8. The summed E-state index contributed by atoms with van der Waals surface area (Å²) in [7, 11) is -1.33. The van der Waals surface area contributed by atoms with Crippen molar-refractivity contribution < 1.29 is 167 Å². The van der Waals surface area contributed by atoms with E-state index in [2.05, 4.69) is 25.4 Å². The first kappa shape index (κ1) is 119. The molecule has 714 valence electrons. The summed E-state index contributed by atoms with van der Waals surface area (Å²) in [6.07, 6.45) is 0. The molecular formula is C86H147BrO35S. The first-order valence-electron chi connectivity index (χ1n) is 40.5. The summed E-state index contributed by atoms with van der Waals surface area (Å²) in [6.45, 7) is 46.6. The van der Waals surface area contributed by atoms with E-state index in [0.29, 0.717) is 227 Å². The maximum Gasteiger partial charge on any atom is 0.338 e. The third kappa shape index (κ3) is 73.6. The van der Waals surface area contributed by atoms with Crippen LogP contribution >= 0.6 is 15.9 Å². The molecule has 0 saturated carbocycles. The molecule has 0 saturated heterocycles. The lowest BCUT2D eigenvalue weighted by molar-refractivity contribution is -0.0438. The molecule has 0 bridgehead atoms. The van der Waals surface area contributed by atoms with E-state index >= 15 is 0 Å². The predicted octanol–water partition coefficient (Wildman–Crippen LogP) is 10.1. The average Bonchev–Trinajstić information content (AvgIpc) is 0.833.